The van der Waals surface area contributed by atoms with Gasteiger partial charge in [-0.3, -0.25) is 10.1 Å². The van der Waals surface area contributed by atoms with Crippen molar-refractivity contribution in [2.24, 2.45) is 7.05 Å². The Balaban J connectivity index is 1.96. The summed E-state index contributed by atoms with van der Waals surface area (Å²) in [4.78, 5) is 23.2. The van der Waals surface area contributed by atoms with E-state index in [2.05, 4.69) is 31.0 Å². The fourth-order valence-corrected chi connectivity index (χ4v) is 1.12. The zero-order valence-corrected chi connectivity index (χ0v) is 9.18. The smallest absolute Gasteiger partial charge is 0.358 e. The predicted molar refractivity (Wildman–Crippen MR) is 54.4 cm³/mol. The summed E-state index contributed by atoms with van der Waals surface area (Å²) in [5.41, 5.74) is -0.236. The lowest BCUT2D eigenvalue weighted by molar-refractivity contribution is -0.117. The summed E-state index contributed by atoms with van der Waals surface area (Å²) in [6.45, 7) is -0.196. The van der Waals surface area contributed by atoms with E-state index in [1.165, 1.54) is 4.80 Å². The number of hydrogen-bond donors (Lipinski definition) is 2. The van der Waals surface area contributed by atoms with Gasteiger partial charge in [0.05, 0.1) is 13.2 Å². The van der Waals surface area contributed by atoms with Gasteiger partial charge >= 0.3 is 5.97 Å². The Morgan fingerprint density at radius 3 is 2.72 bits per heavy atom. The molecule has 0 spiro atoms. The monoisotopic (exact) mass is 252 g/mol. The molecule has 0 saturated carbocycles. The molecule has 0 radical (unpaired) electrons. The van der Waals surface area contributed by atoms with E-state index in [1.54, 1.807) is 7.05 Å². The topological polar surface area (TPSA) is 141 Å². The van der Waals surface area contributed by atoms with E-state index < -0.39 is 11.9 Å². The molecule has 0 bridgehead atoms. The molecule has 11 nitrogen and oxygen atoms in total. The fraction of sp³-hybridized carbons (Fsp3) is 0.286. The fourth-order valence-electron chi connectivity index (χ4n) is 1.12. The standard InChI is InChI=1S/C7H8N8O3/c1-14-11-7(10-12-14)8-5(16)3-15-2-4(6(17)18)9-13-15/h2H,3H2,1H3,(H,17,18)(H,8,11,16). The molecule has 0 atom stereocenters. The highest BCUT2D eigenvalue weighted by Gasteiger charge is 2.12. The maximum Gasteiger partial charge on any atom is 0.358 e. The largest absolute Gasteiger partial charge is 0.476 e. The molecule has 2 N–H and O–H groups in total. The van der Waals surface area contributed by atoms with E-state index in [9.17, 15) is 9.59 Å². The van der Waals surface area contributed by atoms with Gasteiger partial charge in [-0.1, -0.05) is 10.3 Å². The van der Waals surface area contributed by atoms with Crippen LogP contribution in [0.1, 0.15) is 10.5 Å². The van der Waals surface area contributed by atoms with Crippen LogP contribution in [-0.2, 0) is 18.4 Å². The van der Waals surface area contributed by atoms with Gasteiger partial charge in [-0.05, 0) is 5.21 Å². The number of nitrogens with zero attached hydrogens (tertiary/aromatic N) is 7. The van der Waals surface area contributed by atoms with E-state index in [0.717, 1.165) is 10.9 Å². The van der Waals surface area contributed by atoms with Gasteiger partial charge < -0.3 is 5.11 Å². The first kappa shape index (κ1) is 11.6. The molecule has 2 heterocycles. The number of rotatable bonds is 4. The van der Waals surface area contributed by atoms with Crippen LogP contribution in [0.25, 0.3) is 0 Å². The van der Waals surface area contributed by atoms with E-state index >= 15 is 0 Å². The number of carbonyl (C=O) groups excluding carboxylic acids is 1. The van der Waals surface area contributed by atoms with Crippen molar-refractivity contribution >= 4 is 17.8 Å². The summed E-state index contributed by atoms with van der Waals surface area (Å²) in [5.74, 6) is -1.62. The molecular formula is C7H8N8O3. The van der Waals surface area contributed by atoms with Crippen molar-refractivity contribution in [2.45, 2.75) is 6.54 Å². The summed E-state index contributed by atoms with van der Waals surface area (Å²) in [7, 11) is 1.55. The average molecular weight is 252 g/mol. The van der Waals surface area contributed by atoms with Gasteiger partial charge in [0.2, 0.25) is 5.91 Å². The van der Waals surface area contributed by atoms with Gasteiger partial charge in [-0.25, -0.2) is 9.48 Å². The first-order chi connectivity index (χ1) is 8.54. The maximum atomic E-state index is 11.5. The minimum Gasteiger partial charge on any atom is -0.476 e. The molecule has 0 aliphatic rings. The Bertz CT molecular complexity index is 587. The first-order valence-electron chi connectivity index (χ1n) is 4.72. The molecule has 18 heavy (non-hydrogen) atoms. The Kier molecular flexibility index (Phi) is 2.95. The summed E-state index contributed by atoms with van der Waals surface area (Å²) in [6.07, 6.45) is 1.14. The second kappa shape index (κ2) is 4.57. The first-order valence-corrected chi connectivity index (χ1v) is 4.72. The molecule has 2 aromatic rings. The number of aromatic nitrogens is 7. The molecule has 1 amide bonds. The van der Waals surface area contributed by atoms with Crippen LogP contribution in [0.2, 0.25) is 0 Å². The van der Waals surface area contributed by atoms with Crippen LogP contribution in [0.5, 0.6) is 0 Å². The molecule has 0 saturated heterocycles. The van der Waals surface area contributed by atoms with Crippen molar-refractivity contribution in [1.82, 2.24) is 35.2 Å². The maximum absolute atomic E-state index is 11.5. The normalized spacial score (nSPS) is 10.3. The average Bonchev–Trinajstić information content (AvgIpc) is 2.88. The number of nitrogens with one attached hydrogen (secondary N) is 1. The molecule has 0 aliphatic carbocycles. The van der Waals surface area contributed by atoms with Crippen LogP contribution >= 0.6 is 0 Å². The van der Waals surface area contributed by atoms with Crippen molar-refractivity contribution in [1.29, 1.82) is 0 Å². The van der Waals surface area contributed by atoms with Crippen molar-refractivity contribution < 1.29 is 14.7 Å². The van der Waals surface area contributed by atoms with Crippen LogP contribution in [-0.4, -0.2) is 52.2 Å². The molecular weight excluding hydrogens is 244 g/mol. The van der Waals surface area contributed by atoms with Crippen LogP contribution in [0.4, 0.5) is 5.95 Å². The quantitative estimate of drug-likeness (QED) is 0.645. The zero-order valence-electron chi connectivity index (χ0n) is 9.18. The zero-order chi connectivity index (χ0) is 13.1. The van der Waals surface area contributed by atoms with Gasteiger partial charge in [-0.15, -0.1) is 10.2 Å². The number of aryl methyl sites for hydroxylation is 1. The van der Waals surface area contributed by atoms with E-state index in [0.29, 0.717) is 0 Å². The lowest BCUT2D eigenvalue weighted by Gasteiger charge is -1.99. The third-order valence-electron chi connectivity index (χ3n) is 1.82. The van der Waals surface area contributed by atoms with Gasteiger partial charge in [-0.2, -0.15) is 4.80 Å². The number of carbonyl (C=O) groups is 2. The number of carboxylic acid groups (broad SMARTS) is 1. The summed E-state index contributed by atoms with van der Waals surface area (Å²) < 4.78 is 1.09. The van der Waals surface area contributed by atoms with Crippen LogP contribution in [0, 0.1) is 0 Å². The molecule has 0 unspecified atom stereocenters. The number of tetrazole rings is 1. The van der Waals surface area contributed by atoms with Crippen molar-refractivity contribution in [3.63, 3.8) is 0 Å². The number of aromatic carboxylic acids is 1. The molecule has 0 fully saturated rings. The van der Waals surface area contributed by atoms with Gasteiger partial charge in [0.25, 0.3) is 5.95 Å². The Hall–Kier alpha value is -2.85. The van der Waals surface area contributed by atoms with Crippen molar-refractivity contribution in [2.75, 3.05) is 5.32 Å². The number of amides is 1. The second-order valence-corrected chi connectivity index (χ2v) is 3.26. The highest BCUT2D eigenvalue weighted by atomic mass is 16.4. The van der Waals surface area contributed by atoms with E-state index in [1.807, 2.05) is 0 Å². The second-order valence-electron chi connectivity index (χ2n) is 3.26. The van der Waals surface area contributed by atoms with E-state index in [-0.39, 0.29) is 18.2 Å². The highest BCUT2D eigenvalue weighted by molar-refractivity contribution is 5.88. The molecule has 11 heteroatoms. The van der Waals surface area contributed by atoms with Crippen molar-refractivity contribution in [3.05, 3.63) is 11.9 Å². The van der Waals surface area contributed by atoms with Crippen LogP contribution in [0.3, 0.4) is 0 Å². The predicted octanol–water partition coefficient (Wildman–Crippen LogP) is -1.86. The molecule has 94 valence electrons. The summed E-state index contributed by atoms with van der Waals surface area (Å²) in [6, 6.07) is 0. The minimum absolute atomic E-state index is 0.0565. The number of anilines is 1. The minimum atomic E-state index is -1.21. The summed E-state index contributed by atoms with van der Waals surface area (Å²) >= 11 is 0. The van der Waals surface area contributed by atoms with Crippen LogP contribution < -0.4 is 5.32 Å². The van der Waals surface area contributed by atoms with Gasteiger partial charge in [0.1, 0.15) is 6.54 Å². The summed E-state index contributed by atoms with van der Waals surface area (Å²) in [5, 5.41) is 28.7. The Morgan fingerprint density at radius 1 is 1.39 bits per heavy atom. The third-order valence-corrected chi connectivity index (χ3v) is 1.82. The molecule has 0 aliphatic heterocycles. The van der Waals surface area contributed by atoms with Gasteiger partial charge in [0, 0.05) is 0 Å². The van der Waals surface area contributed by atoms with Crippen molar-refractivity contribution in [3.8, 4) is 0 Å². The van der Waals surface area contributed by atoms with Gasteiger partial charge in [0.15, 0.2) is 5.69 Å². The van der Waals surface area contributed by atoms with E-state index in [4.69, 9.17) is 5.11 Å². The molecule has 2 aromatic heterocycles. The molecule has 0 aromatic carbocycles. The van der Waals surface area contributed by atoms with Crippen LogP contribution in [0.15, 0.2) is 6.20 Å². The lowest BCUT2D eigenvalue weighted by Crippen LogP contribution is -2.20. The highest BCUT2D eigenvalue weighted by Crippen LogP contribution is 1.96. The Labute approximate surface area is 99.4 Å². The number of carboxylic acids is 1. The lowest BCUT2D eigenvalue weighted by atomic mass is 10.5. The Morgan fingerprint density at radius 2 is 2.17 bits per heavy atom. The number of hydrogen-bond acceptors (Lipinski definition) is 7. The third kappa shape index (κ3) is 2.63. The molecule has 2 rings (SSSR count). The SMILES string of the molecule is Cn1nnc(NC(=O)Cn2cc(C(=O)O)nn2)n1.